The maximum atomic E-state index is 13.0. The number of para-hydroxylation sites is 1. The zero-order valence-electron chi connectivity index (χ0n) is 19.9. The van der Waals surface area contributed by atoms with Gasteiger partial charge in [-0.25, -0.2) is 0 Å². The molecule has 0 saturated carbocycles. The molecule has 0 unspecified atom stereocenters. The number of anilines is 3. The van der Waals surface area contributed by atoms with Gasteiger partial charge >= 0.3 is 0 Å². The quantitative estimate of drug-likeness (QED) is 0.507. The van der Waals surface area contributed by atoms with Crippen molar-refractivity contribution in [1.29, 1.82) is 0 Å². The minimum Gasteiger partial charge on any atom is -0.495 e. The lowest BCUT2D eigenvalue weighted by atomic mass is 10.1. The van der Waals surface area contributed by atoms with Gasteiger partial charge in [0.15, 0.2) is 0 Å². The van der Waals surface area contributed by atoms with Crippen LogP contribution in [-0.4, -0.2) is 57.1 Å². The van der Waals surface area contributed by atoms with Crippen LogP contribution in [0.4, 0.5) is 17.1 Å². The molecule has 7 nitrogen and oxygen atoms in total. The Morgan fingerprint density at radius 2 is 1.66 bits per heavy atom. The molecule has 1 fully saturated rings. The van der Waals surface area contributed by atoms with Crippen molar-refractivity contribution in [2.45, 2.75) is 6.42 Å². The molecule has 0 bridgehead atoms. The Hall–Kier alpha value is -3.55. The number of nitrogens with one attached hydrogen (secondary N) is 2. The molecule has 3 aromatic rings. The molecule has 1 aliphatic rings. The van der Waals surface area contributed by atoms with Crippen molar-refractivity contribution < 1.29 is 14.3 Å². The molecule has 0 aromatic heterocycles. The number of benzene rings is 3. The summed E-state index contributed by atoms with van der Waals surface area (Å²) in [6.07, 6.45) is 1.11. The number of methoxy groups -OCH3 is 1. The van der Waals surface area contributed by atoms with E-state index in [1.807, 2.05) is 24.3 Å². The summed E-state index contributed by atoms with van der Waals surface area (Å²) in [5.41, 5.74) is 2.93. The summed E-state index contributed by atoms with van der Waals surface area (Å²) in [5.74, 6) is -0.116. The van der Waals surface area contributed by atoms with Crippen molar-refractivity contribution in [3.05, 3.63) is 82.9 Å². The molecular formula is C27H29ClN4O3. The molecule has 8 heteroatoms. The lowest BCUT2D eigenvalue weighted by Crippen LogP contribution is -2.28. The van der Waals surface area contributed by atoms with Crippen LogP contribution in [0.2, 0.25) is 5.02 Å². The zero-order chi connectivity index (χ0) is 24.8. The Labute approximate surface area is 210 Å². The highest BCUT2D eigenvalue weighted by molar-refractivity contribution is 6.32. The van der Waals surface area contributed by atoms with E-state index in [1.54, 1.807) is 42.5 Å². The number of hydrogen-bond acceptors (Lipinski definition) is 5. The van der Waals surface area contributed by atoms with E-state index >= 15 is 0 Å². The van der Waals surface area contributed by atoms with E-state index in [4.69, 9.17) is 16.3 Å². The van der Waals surface area contributed by atoms with Crippen LogP contribution in [0.5, 0.6) is 5.75 Å². The SMILES string of the molecule is COc1ccc(NC(=O)c2ccccc2NC(=O)c2ccc(N3CCCN(C)CC3)cc2)cc1Cl. The fourth-order valence-corrected chi connectivity index (χ4v) is 4.31. The normalized spacial score (nSPS) is 14.2. The Bertz CT molecular complexity index is 1200. The second-order valence-electron chi connectivity index (χ2n) is 8.49. The highest BCUT2D eigenvalue weighted by Crippen LogP contribution is 2.28. The van der Waals surface area contributed by atoms with E-state index < -0.39 is 0 Å². The number of halogens is 1. The average Bonchev–Trinajstić information content (AvgIpc) is 3.09. The average molecular weight is 493 g/mol. The van der Waals surface area contributed by atoms with E-state index in [0.29, 0.717) is 33.3 Å². The minimum absolute atomic E-state index is 0.278. The van der Waals surface area contributed by atoms with Gasteiger partial charge < -0.3 is 25.2 Å². The van der Waals surface area contributed by atoms with Crippen molar-refractivity contribution in [2.24, 2.45) is 0 Å². The van der Waals surface area contributed by atoms with Crippen LogP contribution in [0.1, 0.15) is 27.1 Å². The first-order valence-electron chi connectivity index (χ1n) is 11.5. The maximum Gasteiger partial charge on any atom is 0.257 e. The topological polar surface area (TPSA) is 73.9 Å². The van der Waals surface area contributed by atoms with Crippen LogP contribution in [0.3, 0.4) is 0 Å². The monoisotopic (exact) mass is 492 g/mol. The number of likely N-dealkylation sites (N-methyl/N-ethyl adjacent to an activating group) is 1. The second-order valence-corrected chi connectivity index (χ2v) is 8.90. The molecule has 0 radical (unpaired) electrons. The standard InChI is InChI=1S/C27H29ClN4O3/c1-31-14-5-15-32(17-16-31)21-11-8-19(9-12-21)26(33)30-24-7-4-3-6-22(24)27(34)29-20-10-13-25(35-2)23(28)18-20/h3-4,6-13,18H,5,14-17H2,1-2H3,(H,29,34)(H,30,33). The largest absolute Gasteiger partial charge is 0.495 e. The first-order chi connectivity index (χ1) is 16.9. The number of amides is 2. The fraction of sp³-hybridized carbons (Fsp3) is 0.259. The van der Waals surface area contributed by atoms with Crippen LogP contribution < -0.4 is 20.3 Å². The van der Waals surface area contributed by atoms with Crippen LogP contribution in [-0.2, 0) is 0 Å². The molecule has 3 aromatic carbocycles. The van der Waals surface area contributed by atoms with Crippen LogP contribution in [0.15, 0.2) is 66.7 Å². The number of rotatable bonds is 6. The van der Waals surface area contributed by atoms with Crippen LogP contribution in [0, 0.1) is 0 Å². The number of carbonyl (C=O) groups is 2. The van der Waals surface area contributed by atoms with Crippen molar-refractivity contribution >= 4 is 40.5 Å². The van der Waals surface area contributed by atoms with E-state index in [1.165, 1.54) is 7.11 Å². The number of nitrogens with zero attached hydrogens (tertiary/aromatic N) is 2. The van der Waals surface area contributed by atoms with Gasteiger partial charge in [0.05, 0.1) is 23.4 Å². The minimum atomic E-state index is -0.358. The summed E-state index contributed by atoms with van der Waals surface area (Å²) in [5, 5.41) is 6.08. The number of ether oxygens (including phenoxy) is 1. The molecule has 1 heterocycles. The van der Waals surface area contributed by atoms with Crippen molar-refractivity contribution in [2.75, 3.05) is 55.9 Å². The van der Waals surface area contributed by atoms with Crippen LogP contribution in [0.25, 0.3) is 0 Å². The number of hydrogen-bond donors (Lipinski definition) is 2. The van der Waals surface area contributed by atoms with Crippen LogP contribution >= 0.6 is 11.6 Å². The van der Waals surface area contributed by atoms with Gasteiger partial charge in [-0.15, -0.1) is 0 Å². The summed E-state index contributed by atoms with van der Waals surface area (Å²) < 4.78 is 5.15. The summed E-state index contributed by atoms with van der Waals surface area (Å²) in [6.45, 7) is 4.07. The third-order valence-electron chi connectivity index (χ3n) is 6.04. The molecule has 2 N–H and O–H groups in total. The fourth-order valence-electron chi connectivity index (χ4n) is 4.06. The molecule has 2 amide bonds. The second kappa shape index (κ2) is 11.3. The lowest BCUT2D eigenvalue weighted by Gasteiger charge is -2.23. The smallest absolute Gasteiger partial charge is 0.257 e. The maximum absolute atomic E-state index is 13.0. The Morgan fingerprint density at radius 3 is 2.40 bits per heavy atom. The van der Waals surface area contributed by atoms with Gasteiger partial charge in [0.2, 0.25) is 0 Å². The van der Waals surface area contributed by atoms with Gasteiger partial charge in [0.25, 0.3) is 11.8 Å². The predicted octanol–water partition coefficient (Wildman–Crippen LogP) is 5.00. The van der Waals surface area contributed by atoms with Gasteiger partial charge in [-0.2, -0.15) is 0 Å². The predicted molar refractivity (Wildman–Crippen MR) is 141 cm³/mol. The van der Waals surface area contributed by atoms with Gasteiger partial charge in [-0.1, -0.05) is 23.7 Å². The van der Waals surface area contributed by atoms with Gasteiger partial charge in [-0.3, -0.25) is 9.59 Å². The third-order valence-corrected chi connectivity index (χ3v) is 6.34. The zero-order valence-corrected chi connectivity index (χ0v) is 20.6. The molecule has 4 rings (SSSR count). The van der Waals surface area contributed by atoms with E-state index in [-0.39, 0.29) is 11.8 Å². The van der Waals surface area contributed by atoms with Crippen molar-refractivity contribution in [1.82, 2.24) is 4.90 Å². The van der Waals surface area contributed by atoms with Gasteiger partial charge in [0.1, 0.15) is 5.75 Å². The molecule has 0 aliphatic carbocycles. The highest BCUT2D eigenvalue weighted by Gasteiger charge is 2.16. The van der Waals surface area contributed by atoms with E-state index in [9.17, 15) is 9.59 Å². The molecule has 1 aliphatic heterocycles. The van der Waals surface area contributed by atoms with Crippen molar-refractivity contribution in [3.63, 3.8) is 0 Å². The molecule has 182 valence electrons. The Balaban J connectivity index is 1.44. The Kier molecular flexibility index (Phi) is 7.90. The molecule has 1 saturated heterocycles. The van der Waals surface area contributed by atoms with Crippen molar-refractivity contribution in [3.8, 4) is 5.75 Å². The van der Waals surface area contributed by atoms with Gasteiger partial charge in [0, 0.05) is 36.6 Å². The highest BCUT2D eigenvalue weighted by atomic mass is 35.5. The first-order valence-corrected chi connectivity index (χ1v) is 11.9. The van der Waals surface area contributed by atoms with Gasteiger partial charge in [-0.05, 0) is 74.6 Å². The third kappa shape index (κ3) is 6.12. The summed E-state index contributed by atoms with van der Waals surface area (Å²) in [6, 6.07) is 19.5. The molecule has 35 heavy (non-hydrogen) atoms. The number of carbonyl (C=O) groups excluding carboxylic acids is 2. The van der Waals surface area contributed by atoms with E-state index in [0.717, 1.165) is 38.3 Å². The molecule has 0 spiro atoms. The van der Waals surface area contributed by atoms with E-state index in [2.05, 4.69) is 27.5 Å². The molecular weight excluding hydrogens is 464 g/mol. The molecule has 0 atom stereocenters. The first kappa shape index (κ1) is 24.6. The lowest BCUT2D eigenvalue weighted by molar-refractivity contribution is 0.102. The summed E-state index contributed by atoms with van der Waals surface area (Å²) in [4.78, 5) is 30.6. The summed E-state index contributed by atoms with van der Waals surface area (Å²) >= 11 is 6.16. The summed E-state index contributed by atoms with van der Waals surface area (Å²) in [7, 11) is 3.67. The Morgan fingerprint density at radius 1 is 0.886 bits per heavy atom.